The number of esters is 1. The van der Waals surface area contributed by atoms with Crippen LogP contribution in [0, 0.1) is 17.8 Å². The highest BCUT2D eigenvalue weighted by atomic mass is 35.5. The molecule has 0 bridgehead atoms. The molecule has 0 unspecified atom stereocenters. The summed E-state index contributed by atoms with van der Waals surface area (Å²) in [6, 6.07) is 6.12. The van der Waals surface area contributed by atoms with Crippen LogP contribution in [-0.4, -0.2) is 62.2 Å². The van der Waals surface area contributed by atoms with Gasteiger partial charge in [0.1, 0.15) is 17.5 Å². The SMILES string of the molecule is CC(C)OC(=O)c1ccccc1C#Cc1c(Cl)nc(N)nc1N[C@@H]1C[C@H](CO)[C@@H](O)[C@H]1O. The summed E-state index contributed by atoms with van der Waals surface area (Å²) < 4.78 is 5.27. The molecule has 1 aliphatic rings. The molecule has 170 valence electrons. The maximum absolute atomic E-state index is 12.4. The number of carbonyl (C=O) groups is 1. The quantitative estimate of drug-likeness (QED) is 0.252. The van der Waals surface area contributed by atoms with Gasteiger partial charge in [0.2, 0.25) is 5.95 Å². The topological polar surface area (TPSA) is 151 Å². The first-order valence-corrected chi connectivity index (χ1v) is 10.5. The number of hydrogen-bond donors (Lipinski definition) is 5. The van der Waals surface area contributed by atoms with Crippen LogP contribution in [0.25, 0.3) is 0 Å². The van der Waals surface area contributed by atoms with Crippen molar-refractivity contribution >= 4 is 29.3 Å². The van der Waals surface area contributed by atoms with E-state index in [-0.39, 0.29) is 35.2 Å². The minimum atomic E-state index is -1.13. The van der Waals surface area contributed by atoms with Gasteiger partial charge in [-0.2, -0.15) is 9.97 Å². The summed E-state index contributed by atoms with van der Waals surface area (Å²) >= 11 is 6.26. The Morgan fingerprint density at radius 2 is 2.00 bits per heavy atom. The van der Waals surface area contributed by atoms with Crippen LogP contribution in [0.1, 0.15) is 41.8 Å². The summed E-state index contributed by atoms with van der Waals surface area (Å²) in [5.74, 6) is 4.87. The minimum Gasteiger partial charge on any atom is -0.459 e. The standard InChI is InChI=1S/C22H25ClN4O5/c1-11(2)32-21(31)14-6-4-3-5-12(14)7-8-15-19(23)26-22(24)27-20(15)25-16-9-13(10-28)17(29)18(16)30/h3-6,11,13,16-18,28-30H,9-10H2,1-2H3,(H3,24,25,26,27)/t13-,16-,17-,18+/m1/s1. The zero-order valence-electron chi connectivity index (χ0n) is 17.6. The van der Waals surface area contributed by atoms with Gasteiger partial charge in [0.05, 0.1) is 23.8 Å². The van der Waals surface area contributed by atoms with Gasteiger partial charge in [-0.15, -0.1) is 0 Å². The van der Waals surface area contributed by atoms with Crippen molar-refractivity contribution in [3.05, 3.63) is 46.1 Å². The molecule has 1 aromatic heterocycles. The Kier molecular flexibility index (Phi) is 7.53. The Morgan fingerprint density at radius 1 is 1.28 bits per heavy atom. The number of aromatic nitrogens is 2. The van der Waals surface area contributed by atoms with Crippen molar-refractivity contribution in [3.8, 4) is 11.8 Å². The van der Waals surface area contributed by atoms with Gasteiger partial charge in [-0.3, -0.25) is 0 Å². The normalized spacial score (nSPS) is 22.3. The molecule has 0 spiro atoms. The molecule has 1 heterocycles. The molecule has 0 aliphatic heterocycles. The van der Waals surface area contributed by atoms with Crippen molar-refractivity contribution in [3.63, 3.8) is 0 Å². The van der Waals surface area contributed by atoms with Gasteiger partial charge in [-0.25, -0.2) is 4.79 Å². The number of nitrogens with two attached hydrogens (primary N) is 1. The van der Waals surface area contributed by atoms with Crippen LogP contribution in [0.3, 0.4) is 0 Å². The Bertz CT molecular complexity index is 1050. The molecular formula is C22H25ClN4O5. The first kappa shape index (κ1) is 23.8. The van der Waals surface area contributed by atoms with Crippen LogP contribution in [0.4, 0.5) is 11.8 Å². The molecule has 10 heteroatoms. The predicted molar refractivity (Wildman–Crippen MR) is 119 cm³/mol. The molecular weight excluding hydrogens is 436 g/mol. The van der Waals surface area contributed by atoms with E-state index in [1.165, 1.54) is 0 Å². The Balaban J connectivity index is 1.95. The molecule has 4 atom stereocenters. The molecule has 0 amide bonds. The fourth-order valence-electron chi connectivity index (χ4n) is 3.47. The summed E-state index contributed by atoms with van der Waals surface area (Å²) in [6.45, 7) is 3.25. The molecule has 6 N–H and O–H groups in total. The van der Waals surface area contributed by atoms with Crippen LogP contribution in [-0.2, 0) is 4.74 Å². The minimum absolute atomic E-state index is 0.0125. The number of nitrogens with one attached hydrogen (secondary N) is 1. The van der Waals surface area contributed by atoms with E-state index in [1.807, 2.05) is 0 Å². The number of carbonyl (C=O) groups excluding carboxylic acids is 1. The van der Waals surface area contributed by atoms with E-state index in [0.29, 0.717) is 17.5 Å². The van der Waals surface area contributed by atoms with Crippen molar-refractivity contribution in [1.82, 2.24) is 9.97 Å². The van der Waals surface area contributed by atoms with Gasteiger partial charge in [0, 0.05) is 18.1 Å². The fraction of sp³-hybridized carbons (Fsp3) is 0.409. The number of benzene rings is 1. The maximum atomic E-state index is 12.4. The van der Waals surface area contributed by atoms with Crippen molar-refractivity contribution in [2.45, 2.75) is 44.6 Å². The number of aliphatic hydroxyl groups excluding tert-OH is 3. The second-order valence-electron chi connectivity index (χ2n) is 7.76. The smallest absolute Gasteiger partial charge is 0.339 e. The lowest BCUT2D eigenvalue weighted by atomic mass is 10.1. The Labute approximate surface area is 190 Å². The second kappa shape index (κ2) is 10.1. The number of nitrogen functional groups attached to an aromatic ring is 1. The lowest BCUT2D eigenvalue weighted by Gasteiger charge is -2.19. The zero-order valence-corrected chi connectivity index (χ0v) is 18.4. The third kappa shape index (κ3) is 5.29. The molecule has 1 aromatic carbocycles. The van der Waals surface area contributed by atoms with E-state index in [0.717, 1.165) is 0 Å². The van der Waals surface area contributed by atoms with E-state index in [2.05, 4.69) is 27.1 Å². The maximum Gasteiger partial charge on any atom is 0.339 e. The van der Waals surface area contributed by atoms with Gasteiger partial charge in [0.15, 0.2) is 5.15 Å². The van der Waals surface area contributed by atoms with Crippen LogP contribution >= 0.6 is 11.6 Å². The average Bonchev–Trinajstić information content (AvgIpc) is 3.00. The lowest BCUT2D eigenvalue weighted by Crippen LogP contribution is -2.35. The second-order valence-corrected chi connectivity index (χ2v) is 8.11. The van der Waals surface area contributed by atoms with Gasteiger partial charge < -0.3 is 31.1 Å². The first-order valence-electron chi connectivity index (χ1n) is 10.1. The molecule has 1 aliphatic carbocycles. The molecule has 3 rings (SSSR count). The van der Waals surface area contributed by atoms with E-state index in [9.17, 15) is 20.1 Å². The van der Waals surface area contributed by atoms with E-state index in [4.69, 9.17) is 22.1 Å². The first-order chi connectivity index (χ1) is 15.2. The zero-order chi connectivity index (χ0) is 23.4. The van der Waals surface area contributed by atoms with Crippen LogP contribution in [0.15, 0.2) is 24.3 Å². The number of ether oxygens (including phenoxy) is 1. The Hall–Kier alpha value is -2.90. The molecule has 2 aromatic rings. The molecule has 1 fully saturated rings. The molecule has 0 radical (unpaired) electrons. The van der Waals surface area contributed by atoms with Crippen molar-refractivity contribution in [1.29, 1.82) is 0 Å². The van der Waals surface area contributed by atoms with Crippen LogP contribution < -0.4 is 11.1 Å². The summed E-state index contributed by atoms with van der Waals surface area (Å²) in [4.78, 5) is 20.4. The van der Waals surface area contributed by atoms with Crippen molar-refractivity contribution in [2.24, 2.45) is 5.92 Å². The number of nitrogens with zero attached hydrogens (tertiary/aromatic N) is 2. The third-order valence-electron chi connectivity index (χ3n) is 5.05. The van der Waals surface area contributed by atoms with E-state index in [1.54, 1.807) is 38.1 Å². The number of anilines is 2. The Morgan fingerprint density at radius 3 is 2.66 bits per heavy atom. The largest absolute Gasteiger partial charge is 0.459 e. The van der Waals surface area contributed by atoms with Crippen molar-refractivity contribution in [2.75, 3.05) is 17.7 Å². The highest BCUT2D eigenvalue weighted by Gasteiger charge is 2.41. The summed E-state index contributed by atoms with van der Waals surface area (Å²) in [6.07, 6.45) is -2.19. The van der Waals surface area contributed by atoms with Gasteiger partial charge >= 0.3 is 5.97 Å². The summed E-state index contributed by atoms with van der Waals surface area (Å²) in [5, 5.41) is 32.8. The van der Waals surface area contributed by atoms with E-state index >= 15 is 0 Å². The number of aliphatic hydroxyl groups is 3. The van der Waals surface area contributed by atoms with Gasteiger partial charge in [-0.05, 0) is 32.4 Å². The van der Waals surface area contributed by atoms with Crippen LogP contribution in [0.2, 0.25) is 5.15 Å². The van der Waals surface area contributed by atoms with E-state index < -0.39 is 30.1 Å². The number of rotatable bonds is 5. The molecule has 32 heavy (non-hydrogen) atoms. The highest BCUT2D eigenvalue weighted by molar-refractivity contribution is 6.31. The monoisotopic (exact) mass is 460 g/mol. The fourth-order valence-corrected chi connectivity index (χ4v) is 3.69. The van der Waals surface area contributed by atoms with Crippen molar-refractivity contribution < 1.29 is 24.9 Å². The lowest BCUT2D eigenvalue weighted by molar-refractivity contribution is 0.00445. The molecule has 1 saturated carbocycles. The third-order valence-corrected chi connectivity index (χ3v) is 5.33. The predicted octanol–water partition coefficient (Wildman–Crippen LogP) is 1.19. The summed E-state index contributed by atoms with van der Waals surface area (Å²) in [7, 11) is 0. The average molecular weight is 461 g/mol. The highest BCUT2D eigenvalue weighted by Crippen LogP contribution is 2.30. The van der Waals surface area contributed by atoms with Gasteiger partial charge in [0.25, 0.3) is 0 Å². The molecule has 0 saturated heterocycles. The summed E-state index contributed by atoms with van der Waals surface area (Å²) in [5.41, 5.74) is 6.66. The van der Waals surface area contributed by atoms with Gasteiger partial charge in [-0.1, -0.05) is 35.6 Å². The molecule has 9 nitrogen and oxygen atoms in total. The number of hydrogen-bond acceptors (Lipinski definition) is 9. The van der Waals surface area contributed by atoms with Crippen LogP contribution in [0.5, 0.6) is 0 Å². The number of halogens is 1.